The predicted octanol–water partition coefficient (Wildman–Crippen LogP) is 5.19. The molecule has 2 aliphatic heterocycles. The van der Waals surface area contributed by atoms with Crippen LogP contribution in [0.1, 0.15) is 88.1 Å². The molecule has 2 atom stereocenters. The van der Waals surface area contributed by atoms with Crippen LogP contribution >= 0.6 is 0 Å². The number of rotatable bonds is 0. The van der Waals surface area contributed by atoms with E-state index in [1.165, 1.54) is 13.8 Å². The van der Waals surface area contributed by atoms with Crippen LogP contribution in [0.5, 0.6) is 5.75 Å². The lowest BCUT2D eigenvalue weighted by Gasteiger charge is -2.46. The molecule has 10 nitrogen and oxygen atoms in total. The standard InChI is InChI=1S/C27H41N3O7S/c1-23(2,3)36-21(31)30(22(32)37-24(4,5)6)20-26(9,10)38(33,34)19-15-25(7,8)35-18-13-12-16(28)14-17(18)27(19,11)29-20/h12-14,19H,15,28H2,1-11H3/t19-,27+/m0/s1. The lowest BCUT2D eigenvalue weighted by molar-refractivity contribution is 0.0138. The molecule has 2 aliphatic rings. The van der Waals surface area contributed by atoms with Crippen molar-refractivity contribution in [2.45, 2.75) is 115 Å². The number of nitrogen functional groups attached to an aromatic ring is 1. The Kier molecular flexibility index (Phi) is 6.93. The molecule has 0 fully saturated rings. The number of ether oxygens (including phenoxy) is 3. The fourth-order valence-electron chi connectivity index (χ4n) is 4.75. The van der Waals surface area contributed by atoms with E-state index in [1.54, 1.807) is 66.7 Å². The van der Waals surface area contributed by atoms with E-state index in [4.69, 9.17) is 24.9 Å². The van der Waals surface area contributed by atoms with Gasteiger partial charge in [0.1, 0.15) is 38.7 Å². The summed E-state index contributed by atoms with van der Waals surface area (Å²) in [5, 5.41) is -1.05. The highest BCUT2D eigenvalue weighted by Crippen LogP contribution is 2.52. The Labute approximate surface area is 225 Å². The van der Waals surface area contributed by atoms with Crippen LogP contribution in [-0.4, -0.2) is 58.1 Å². The van der Waals surface area contributed by atoms with Gasteiger partial charge in [0.2, 0.25) is 0 Å². The van der Waals surface area contributed by atoms with E-state index in [0.717, 1.165) is 0 Å². The van der Waals surface area contributed by atoms with Crippen LogP contribution in [0.3, 0.4) is 0 Å². The van der Waals surface area contributed by atoms with Gasteiger partial charge >= 0.3 is 12.2 Å². The maximum Gasteiger partial charge on any atom is 0.425 e. The zero-order chi connectivity index (χ0) is 29.3. The number of imide groups is 1. The molecule has 2 N–H and O–H groups in total. The minimum Gasteiger partial charge on any atom is -0.487 e. The van der Waals surface area contributed by atoms with Crippen molar-refractivity contribution in [2.24, 2.45) is 4.99 Å². The molecule has 212 valence electrons. The minimum atomic E-state index is -4.13. The average molecular weight is 552 g/mol. The van der Waals surface area contributed by atoms with Gasteiger partial charge in [0.15, 0.2) is 9.84 Å². The first-order chi connectivity index (χ1) is 16.9. The Morgan fingerprint density at radius 2 is 1.50 bits per heavy atom. The van der Waals surface area contributed by atoms with Crippen LogP contribution in [0.25, 0.3) is 0 Å². The maximum absolute atomic E-state index is 14.4. The van der Waals surface area contributed by atoms with Gasteiger partial charge in [-0.1, -0.05) is 0 Å². The lowest BCUT2D eigenvalue weighted by atomic mass is 9.84. The van der Waals surface area contributed by atoms with Crippen molar-refractivity contribution in [1.82, 2.24) is 4.90 Å². The number of hydrogen-bond donors (Lipinski definition) is 1. The molecule has 0 spiro atoms. The second-order valence-corrected chi connectivity index (χ2v) is 15.9. The van der Waals surface area contributed by atoms with Crippen molar-refractivity contribution in [2.75, 3.05) is 5.73 Å². The number of benzene rings is 1. The fraction of sp³-hybridized carbons (Fsp3) is 0.667. The Hall–Kier alpha value is -2.82. The summed E-state index contributed by atoms with van der Waals surface area (Å²) < 4.78 is 44.4. The predicted molar refractivity (Wildman–Crippen MR) is 146 cm³/mol. The molecule has 1 aromatic carbocycles. The van der Waals surface area contributed by atoms with E-state index >= 15 is 0 Å². The van der Waals surface area contributed by atoms with E-state index in [1.807, 2.05) is 13.8 Å². The first-order valence-electron chi connectivity index (χ1n) is 12.6. The molecule has 1 aromatic rings. The smallest absolute Gasteiger partial charge is 0.425 e. The number of anilines is 1. The van der Waals surface area contributed by atoms with Gasteiger partial charge in [-0.25, -0.2) is 18.0 Å². The molecule has 0 unspecified atom stereocenters. The molecule has 2 heterocycles. The number of amidine groups is 1. The van der Waals surface area contributed by atoms with Crippen LogP contribution in [0.2, 0.25) is 0 Å². The van der Waals surface area contributed by atoms with Gasteiger partial charge in [0, 0.05) is 17.7 Å². The number of amides is 2. The number of hydrogen-bond acceptors (Lipinski definition) is 9. The van der Waals surface area contributed by atoms with Crippen LogP contribution in [0.15, 0.2) is 23.2 Å². The monoisotopic (exact) mass is 551 g/mol. The molecule has 2 amide bonds. The second kappa shape index (κ2) is 8.86. The maximum atomic E-state index is 14.4. The first kappa shape index (κ1) is 29.7. The van der Waals surface area contributed by atoms with E-state index in [9.17, 15) is 18.0 Å². The number of carbonyl (C=O) groups is 2. The zero-order valence-corrected chi connectivity index (χ0v) is 25.1. The summed E-state index contributed by atoms with van der Waals surface area (Å²) >= 11 is 0. The van der Waals surface area contributed by atoms with Crippen molar-refractivity contribution < 1.29 is 32.2 Å². The molecule has 0 saturated heterocycles. The van der Waals surface area contributed by atoms with E-state index < -0.39 is 54.4 Å². The number of sulfone groups is 1. The Bertz CT molecular complexity index is 1260. The Morgan fingerprint density at radius 3 is 1.97 bits per heavy atom. The SMILES string of the molecule is CC(C)(C)OC(=O)N(C(=O)OC(C)(C)C)C1=N[C@]2(C)c3cc(N)ccc3OC(C)(C)C[C@@H]2S(=O)(=O)C1(C)C. The summed E-state index contributed by atoms with van der Waals surface area (Å²) in [4.78, 5) is 32.5. The van der Waals surface area contributed by atoms with E-state index in [-0.39, 0.29) is 12.3 Å². The normalized spacial score (nSPS) is 25.4. The van der Waals surface area contributed by atoms with Crippen LogP contribution in [-0.2, 0) is 24.8 Å². The van der Waals surface area contributed by atoms with Gasteiger partial charge < -0.3 is 19.9 Å². The number of fused-ring (bicyclic) bond motifs is 3. The summed E-state index contributed by atoms with van der Waals surface area (Å²) in [5.41, 5.74) is 2.67. The van der Waals surface area contributed by atoms with Crippen molar-refractivity contribution in [3.05, 3.63) is 23.8 Å². The number of aliphatic imine (C=N–C) groups is 1. The van der Waals surface area contributed by atoms with Crippen LogP contribution < -0.4 is 10.5 Å². The quantitative estimate of drug-likeness (QED) is 0.435. The van der Waals surface area contributed by atoms with Gasteiger partial charge in [-0.2, -0.15) is 4.90 Å². The molecule has 0 bridgehead atoms. The summed E-state index contributed by atoms with van der Waals surface area (Å²) in [5.74, 6) is 0.126. The lowest BCUT2D eigenvalue weighted by Crippen LogP contribution is -2.64. The van der Waals surface area contributed by atoms with Crippen molar-refractivity contribution in [3.63, 3.8) is 0 Å². The highest BCUT2D eigenvalue weighted by Gasteiger charge is 2.62. The molecule has 11 heteroatoms. The highest BCUT2D eigenvalue weighted by molar-refractivity contribution is 7.94. The molecule has 0 saturated carbocycles. The summed E-state index contributed by atoms with van der Waals surface area (Å²) in [7, 11) is -4.13. The largest absolute Gasteiger partial charge is 0.487 e. The molecule has 3 rings (SSSR count). The third-order valence-corrected chi connectivity index (χ3v) is 9.55. The fourth-order valence-corrected chi connectivity index (χ4v) is 7.26. The zero-order valence-electron chi connectivity index (χ0n) is 24.3. The van der Waals surface area contributed by atoms with Gasteiger partial charge in [0.25, 0.3) is 0 Å². The minimum absolute atomic E-state index is 0.111. The van der Waals surface area contributed by atoms with Gasteiger partial charge in [-0.3, -0.25) is 4.99 Å². The van der Waals surface area contributed by atoms with Gasteiger partial charge in [-0.05, 0) is 94.4 Å². The summed E-state index contributed by atoms with van der Waals surface area (Å²) in [6.07, 6.45) is -2.07. The molecular weight excluding hydrogens is 510 g/mol. The third-order valence-electron chi connectivity index (χ3n) is 6.57. The second-order valence-electron chi connectivity index (χ2n) is 13.2. The Balaban J connectivity index is 2.39. The van der Waals surface area contributed by atoms with E-state index in [0.29, 0.717) is 21.9 Å². The van der Waals surface area contributed by atoms with Crippen molar-refractivity contribution in [3.8, 4) is 5.75 Å². The third kappa shape index (κ3) is 5.34. The molecule has 0 aliphatic carbocycles. The molecular formula is C27H41N3O7S. The molecule has 38 heavy (non-hydrogen) atoms. The Morgan fingerprint density at radius 1 is 1.00 bits per heavy atom. The van der Waals surface area contributed by atoms with Crippen molar-refractivity contribution >= 4 is 33.5 Å². The van der Waals surface area contributed by atoms with Gasteiger partial charge in [-0.15, -0.1) is 0 Å². The molecule has 0 radical (unpaired) electrons. The van der Waals surface area contributed by atoms with Crippen LogP contribution in [0.4, 0.5) is 15.3 Å². The van der Waals surface area contributed by atoms with Crippen molar-refractivity contribution in [1.29, 1.82) is 0 Å². The number of carbonyl (C=O) groups excluding carboxylic acids is 2. The number of nitrogens with two attached hydrogens (primary N) is 1. The summed E-state index contributed by atoms with van der Waals surface area (Å²) in [6, 6.07) is 4.98. The highest BCUT2D eigenvalue weighted by atomic mass is 32.2. The molecule has 0 aromatic heterocycles. The average Bonchev–Trinajstić information content (AvgIpc) is 2.77. The van der Waals surface area contributed by atoms with E-state index in [2.05, 4.69) is 0 Å². The summed E-state index contributed by atoms with van der Waals surface area (Å²) in [6.45, 7) is 18.0. The number of nitrogens with zero attached hydrogens (tertiary/aromatic N) is 2. The first-order valence-corrected chi connectivity index (χ1v) is 14.1. The topological polar surface area (TPSA) is 138 Å². The van der Waals surface area contributed by atoms with Gasteiger partial charge in [0.05, 0.1) is 5.25 Å². The van der Waals surface area contributed by atoms with Crippen LogP contribution in [0, 0.1) is 0 Å².